The molecule has 0 aliphatic heterocycles. The van der Waals surface area contributed by atoms with Crippen molar-refractivity contribution in [1.82, 2.24) is 0 Å². The van der Waals surface area contributed by atoms with Gasteiger partial charge in [0, 0.05) is 17.0 Å². The van der Waals surface area contributed by atoms with Crippen molar-refractivity contribution in [3.05, 3.63) is 40.0 Å². The highest BCUT2D eigenvalue weighted by atomic mass is 127. The first kappa shape index (κ1) is 13.2. The van der Waals surface area contributed by atoms with Crippen molar-refractivity contribution in [2.45, 2.75) is 20.3 Å². The van der Waals surface area contributed by atoms with Gasteiger partial charge < -0.3 is 4.90 Å². The maximum absolute atomic E-state index is 11.6. The van der Waals surface area contributed by atoms with E-state index in [1.165, 1.54) is 0 Å². The maximum atomic E-state index is 11.6. The fourth-order valence-electron chi connectivity index (χ4n) is 1.42. The summed E-state index contributed by atoms with van der Waals surface area (Å²) >= 11 is 2.25. The van der Waals surface area contributed by atoms with Gasteiger partial charge in [-0.3, -0.25) is 4.79 Å². The highest BCUT2D eigenvalue weighted by Crippen LogP contribution is 2.22. The van der Waals surface area contributed by atoms with Crippen LogP contribution in [0.5, 0.6) is 0 Å². The second-order valence-corrected chi connectivity index (χ2v) is 4.99. The van der Waals surface area contributed by atoms with Crippen molar-refractivity contribution in [3.8, 4) is 0 Å². The van der Waals surface area contributed by atoms with Gasteiger partial charge in [-0.25, -0.2) is 0 Å². The molecule has 16 heavy (non-hydrogen) atoms. The van der Waals surface area contributed by atoms with Crippen LogP contribution in [0.2, 0.25) is 0 Å². The Labute approximate surface area is 110 Å². The minimum atomic E-state index is 0.0744. The zero-order valence-electron chi connectivity index (χ0n) is 9.66. The van der Waals surface area contributed by atoms with Crippen LogP contribution in [-0.4, -0.2) is 12.5 Å². The molecular formula is C13H16INO. The maximum Gasteiger partial charge on any atom is 0.223 e. The molecule has 0 bridgehead atoms. The number of anilines is 1. The first-order valence-corrected chi connectivity index (χ1v) is 6.27. The molecule has 0 aliphatic rings. The minimum absolute atomic E-state index is 0.0744. The Kier molecular flexibility index (Phi) is 4.99. The van der Waals surface area contributed by atoms with Gasteiger partial charge in [-0.15, -0.1) is 6.58 Å². The van der Waals surface area contributed by atoms with Crippen LogP contribution >= 0.6 is 22.6 Å². The average Bonchev–Trinajstić information content (AvgIpc) is 2.20. The van der Waals surface area contributed by atoms with Crippen LogP contribution in [0.25, 0.3) is 0 Å². The van der Waals surface area contributed by atoms with E-state index in [-0.39, 0.29) is 5.91 Å². The highest BCUT2D eigenvalue weighted by Gasteiger charge is 2.13. The van der Waals surface area contributed by atoms with E-state index in [0.29, 0.717) is 6.54 Å². The molecule has 0 aromatic heterocycles. The molecule has 2 nitrogen and oxygen atoms in total. The summed E-state index contributed by atoms with van der Waals surface area (Å²) in [6.07, 6.45) is 0.838. The predicted molar refractivity (Wildman–Crippen MR) is 76.6 cm³/mol. The molecule has 0 saturated heterocycles. The second-order valence-electron chi connectivity index (χ2n) is 3.83. The van der Waals surface area contributed by atoms with Crippen molar-refractivity contribution < 1.29 is 4.79 Å². The third kappa shape index (κ3) is 3.63. The van der Waals surface area contributed by atoms with E-state index in [1.807, 2.05) is 31.2 Å². The predicted octanol–water partition coefficient (Wildman–Crippen LogP) is 3.61. The Bertz CT molecular complexity index is 401. The number of carbonyl (C=O) groups is 1. The second kappa shape index (κ2) is 6.03. The van der Waals surface area contributed by atoms with Gasteiger partial charge in [-0.2, -0.15) is 0 Å². The lowest BCUT2D eigenvalue weighted by Crippen LogP contribution is -2.30. The largest absolute Gasteiger partial charge is 0.311 e. The highest BCUT2D eigenvalue weighted by molar-refractivity contribution is 14.1. The third-order valence-corrected chi connectivity index (χ3v) is 3.20. The van der Waals surface area contributed by atoms with Crippen molar-refractivity contribution in [3.63, 3.8) is 0 Å². The van der Waals surface area contributed by atoms with Crippen LogP contribution in [-0.2, 0) is 4.79 Å². The van der Waals surface area contributed by atoms with E-state index in [9.17, 15) is 4.79 Å². The summed E-state index contributed by atoms with van der Waals surface area (Å²) in [5.74, 6) is 0.0744. The van der Waals surface area contributed by atoms with E-state index in [4.69, 9.17) is 0 Å². The minimum Gasteiger partial charge on any atom is -0.311 e. The number of para-hydroxylation sites is 1. The molecule has 0 unspecified atom stereocenters. The zero-order chi connectivity index (χ0) is 12.1. The summed E-state index contributed by atoms with van der Waals surface area (Å²) in [7, 11) is 0. The molecule has 0 aliphatic carbocycles. The number of hydrogen-bond acceptors (Lipinski definition) is 1. The van der Waals surface area contributed by atoms with Gasteiger partial charge in [0.1, 0.15) is 0 Å². The number of rotatable bonds is 4. The molecule has 3 heteroatoms. The Morgan fingerprint density at radius 2 is 2.00 bits per heavy atom. The molecule has 1 aromatic carbocycles. The van der Waals surface area contributed by atoms with Gasteiger partial charge in [0.25, 0.3) is 0 Å². The first-order chi connectivity index (χ1) is 7.52. The van der Waals surface area contributed by atoms with Crippen LogP contribution in [0.1, 0.15) is 20.3 Å². The molecule has 0 saturated carbocycles. The van der Waals surface area contributed by atoms with E-state index >= 15 is 0 Å². The smallest absolute Gasteiger partial charge is 0.223 e. The molecule has 0 heterocycles. The van der Waals surface area contributed by atoms with Gasteiger partial charge >= 0.3 is 0 Å². The summed E-state index contributed by atoms with van der Waals surface area (Å²) in [5, 5.41) is 0. The van der Waals surface area contributed by atoms with Gasteiger partial charge in [0.05, 0.1) is 5.69 Å². The lowest BCUT2D eigenvalue weighted by Gasteiger charge is -2.22. The van der Waals surface area contributed by atoms with E-state index in [0.717, 1.165) is 21.3 Å². The molecule has 0 atom stereocenters. The fraction of sp³-hybridized carbons (Fsp3) is 0.308. The Morgan fingerprint density at radius 3 is 2.50 bits per heavy atom. The molecule has 0 radical (unpaired) electrons. The molecule has 0 N–H and O–H groups in total. The van der Waals surface area contributed by atoms with Crippen LogP contribution in [0, 0.1) is 3.57 Å². The first-order valence-electron chi connectivity index (χ1n) is 5.19. The van der Waals surface area contributed by atoms with E-state index in [1.54, 1.807) is 11.8 Å². The number of benzene rings is 1. The molecule has 1 amide bonds. The van der Waals surface area contributed by atoms with Crippen molar-refractivity contribution in [1.29, 1.82) is 0 Å². The Balaban J connectivity index is 2.90. The summed E-state index contributed by atoms with van der Waals surface area (Å²) in [6, 6.07) is 7.91. The molecule has 0 fully saturated rings. The quantitative estimate of drug-likeness (QED) is 0.610. The van der Waals surface area contributed by atoms with Gasteiger partial charge in [0.15, 0.2) is 0 Å². The molecule has 1 rings (SSSR count). The number of amides is 1. The normalized spacial score (nSPS) is 9.94. The Hall–Kier alpha value is -0.840. The molecule has 1 aromatic rings. The number of hydrogen-bond donors (Lipinski definition) is 0. The lowest BCUT2D eigenvalue weighted by molar-refractivity contribution is -0.116. The summed E-state index contributed by atoms with van der Waals surface area (Å²) in [4.78, 5) is 13.4. The van der Waals surface area contributed by atoms with Crippen molar-refractivity contribution in [2.75, 3.05) is 11.4 Å². The lowest BCUT2D eigenvalue weighted by atomic mass is 10.2. The summed E-state index contributed by atoms with van der Waals surface area (Å²) in [5.41, 5.74) is 2.08. The zero-order valence-corrected chi connectivity index (χ0v) is 11.8. The van der Waals surface area contributed by atoms with Crippen LogP contribution < -0.4 is 4.90 Å². The monoisotopic (exact) mass is 329 g/mol. The summed E-state index contributed by atoms with van der Waals surface area (Å²) in [6.45, 7) is 8.14. The van der Waals surface area contributed by atoms with Crippen molar-refractivity contribution >= 4 is 34.2 Å². The van der Waals surface area contributed by atoms with Crippen molar-refractivity contribution in [2.24, 2.45) is 0 Å². The fourth-order valence-corrected chi connectivity index (χ4v) is 2.10. The van der Waals surface area contributed by atoms with Gasteiger partial charge in [-0.05, 0) is 48.1 Å². The average molecular weight is 329 g/mol. The number of halogens is 1. The topological polar surface area (TPSA) is 20.3 Å². The molecule has 86 valence electrons. The third-order valence-electron chi connectivity index (χ3n) is 2.29. The summed E-state index contributed by atoms with van der Waals surface area (Å²) < 4.78 is 1.09. The van der Waals surface area contributed by atoms with Gasteiger partial charge in [-0.1, -0.05) is 17.7 Å². The van der Waals surface area contributed by atoms with Crippen LogP contribution in [0.3, 0.4) is 0 Å². The SMILES string of the molecule is C=C(C)CCN(C(C)=O)c1ccccc1I. The molecular weight excluding hydrogens is 313 g/mol. The van der Waals surface area contributed by atoms with Crippen LogP contribution in [0.4, 0.5) is 5.69 Å². The van der Waals surface area contributed by atoms with Crippen LogP contribution in [0.15, 0.2) is 36.4 Å². The van der Waals surface area contributed by atoms with E-state index < -0.39 is 0 Å². The number of nitrogens with zero attached hydrogens (tertiary/aromatic N) is 1. The van der Waals surface area contributed by atoms with Gasteiger partial charge in [0.2, 0.25) is 5.91 Å². The van der Waals surface area contributed by atoms with E-state index in [2.05, 4.69) is 29.2 Å². The standard InChI is InChI=1S/C13H16INO/c1-10(2)8-9-15(11(3)16)13-7-5-4-6-12(13)14/h4-7H,1,8-9H2,2-3H3. The Morgan fingerprint density at radius 1 is 1.38 bits per heavy atom. The molecule has 0 spiro atoms. The number of carbonyl (C=O) groups excluding carboxylic acids is 1.